The molecule has 1 saturated carbocycles. The number of nitrogens with zero attached hydrogens (tertiary/aromatic N) is 1. The average molecular weight is 298 g/mol. The van der Waals surface area contributed by atoms with Crippen LogP contribution in [0.4, 0.5) is 0 Å². The zero-order valence-electron chi connectivity index (χ0n) is 12.4. The molecule has 20 heavy (non-hydrogen) atoms. The maximum Gasteiger partial charge on any atom is 0.235 e. The topological polar surface area (TPSA) is 66.6 Å². The number of piperidine rings is 1. The summed E-state index contributed by atoms with van der Waals surface area (Å²) in [4.78, 5) is 15.1. The van der Waals surface area contributed by atoms with Crippen molar-refractivity contribution in [2.24, 2.45) is 11.1 Å². The van der Waals surface area contributed by atoms with Crippen molar-refractivity contribution >= 4 is 23.1 Å². The van der Waals surface area contributed by atoms with Crippen molar-refractivity contribution in [3.05, 3.63) is 0 Å². The van der Waals surface area contributed by atoms with Crippen LogP contribution in [0.3, 0.4) is 0 Å². The third-order valence-electron chi connectivity index (χ3n) is 4.80. The summed E-state index contributed by atoms with van der Waals surface area (Å²) in [6.07, 6.45) is 7.42. The van der Waals surface area contributed by atoms with E-state index in [1.807, 2.05) is 0 Å². The lowest BCUT2D eigenvalue weighted by Crippen LogP contribution is -2.56. The molecule has 1 aliphatic heterocycles. The Hall–Kier alpha value is -0.680. The standard InChI is InChI=1S/C15H26N2O2S/c1-14(19)7-6-10-17(11-14)13(18)15(12(16)20)8-4-2-3-5-9-15/h19H,2-11H2,1H3,(H2,16,20). The third kappa shape index (κ3) is 3.14. The fourth-order valence-corrected chi connectivity index (χ4v) is 3.89. The van der Waals surface area contributed by atoms with E-state index in [4.69, 9.17) is 18.0 Å². The molecule has 2 fully saturated rings. The van der Waals surface area contributed by atoms with E-state index >= 15 is 0 Å². The maximum atomic E-state index is 13.0. The summed E-state index contributed by atoms with van der Waals surface area (Å²) in [5.74, 6) is 0.0480. The first-order chi connectivity index (χ1) is 9.37. The number of hydrogen-bond acceptors (Lipinski definition) is 3. The lowest BCUT2D eigenvalue weighted by Gasteiger charge is -2.42. The van der Waals surface area contributed by atoms with Crippen LogP contribution >= 0.6 is 12.2 Å². The number of amides is 1. The molecular weight excluding hydrogens is 272 g/mol. The first-order valence-corrected chi connectivity index (χ1v) is 8.10. The van der Waals surface area contributed by atoms with Crippen LogP contribution in [0.5, 0.6) is 0 Å². The highest BCUT2D eigenvalue weighted by atomic mass is 32.1. The molecule has 0 bridgehead atoms. The number of aliphatic hydroxyl groups is 1. The maximum absolute atomic E-state index is 13.0. The number of β-amino-alcohol motifs (C(OH)–C–C–N with tert-alkyl or cyclic N) is 1. The van der Waals surface area contributed by atoms with Crippen molar-refractivity contribution in [1.29, 1.82) is 0 Å². The van der Waals surface area contributed by atoms with Gasteiger partial charge in [0.05, 0.1) is 16.0 Å². The average Bonchev–Trinajstić information content (AvgIpc) is 2.63. The van der Waals surface area contributed by atoms with E-state index in [1.54, 1.807) is 11.8 Å². The zero-order chi connectivity index (χ0) is 14.8. The number of carbonyl (C=O) groups is 1. The van der Waals surface area contributed by atoms with E-state index in [-0.39, 0.29) is 5.91 Å². The summed E-state index contributed by atoms with van der Waals surface area (Å²) < 4.78 is 0. The second-order valence-corrected chi connectivity index (χ2v) is 7.13. The van der Waals surface area contributed by atoms with E-state index in [2.05, 4.69) is 0 Å². The minimum absolute atomic E-state index is 0.0480. The molecule has 1 saturated heterocycles. The molecule has 1 unspecified atom stereocenters. The fraction of sp³-hybridized carbons (Fsp3) is 0.867. The monoisotopic (exact) mass is 298 g/mol. The van der Waals surface area contributed by atoms with Crippen molar-refractivity contribution in [3.8, 4) is 0 Å². The van der Waals surface area contributed by atoms with Crippen LogP contribution in [0.15, 0.2) is 0 Å². The number of carbonyl (C=O) groups excluding carboxylic acids is 1. The molecule has 1 amide bonds. The van der Waals surface area contributed by atoms with Gasteiger partial charge in [0.2, 0.25) is 5.91 Å². The van der Waals surface area contributed by atoms with E-state index in [0.29, 0.717) is 18.1 Å². The largest absolute Gasteiger partial charge is 0.392 e. The van der Waals surface area contributed by atoms with E-state index in [9.17, 15) is 9.90 Å². The Kier molecular flexibility index (Phi) is 4.69. The zero-order valence-corrected chi connectivity index (χ0v) is 13.2. The van der Waals surface area contributed by atoms with Gasteiger partial charge >= 0.3 is 0 Å². The molecular formula is C15H26N2O2S. The van der Waals surface area contributed by atoms with Crippen molar-refractivity contribution in [3.63, 3.8) is 0 Å². The van der Waals surface area contributed by atoms with Crippen LogP contribution in [0.25, 0.3) is 0 Å². The summed E-state index contributed by atoms with van der Waals surface area (Å²) in [5.41, 5.74) is 4.52. The van der Waals surface area contributed by atoms with Crippen molar-refractivity contribution in [1.82, 2.24) is 4.90 Å². The molecule has 1 aliphatic carbocycles. The highest BCUT2D eigenvalue weighted by Gasteiger charge is 2.45. The van der Waals surface area contributed by atoms with Gasteiger partial charge in [-0.25, -0.2) is 0 Å². The molecule has 5 heteroatoms. The Morgan fingerprint density at radius 1 is 1.15 bits per heavy atom. The molecule has 0 aromatic carbocycles. The van der Waals surface area contributed by atoms with Gasteiger partial charge in [0.25, 0.3) is 0 Å². The molecule has 2 rings (SSSR count). The minimum atomic E-state index is -0.782. The SMILES string of the molecule is CC1(O)CCCN(C(=O)C2(C(N)=S)CCCCCC2)C1. The number of likely N-dealkylation sites (tertiary alicyclic amines) is 1. The number of hydrogen-bond donors (Lipinski definition) is 2. The van der Waals surface area contributed by atoms with Gasteiger partial charge in [-0.15, -0.1) is 0 Å². The van der Waals surface area contributed by atoms with Crippen molar-refractivity contribution in [2.45, 2.75) is 63.9 Å². The summed E-state index contributed by atoms with van der Waals surface area (Å²) in [6.45, 7) is 2.91. The molecule has 0 aromatic rings. The molecule has 114 valence electrons. The van der Waals surface area contributed by atoms with E-state index < -0.39 is 11.0 Å². The summed E-state index contributed by atoms with van der Waals surface area (Å²) in [6, 6.07) is 0. The number of thiocarbonyl (C=S) groups is 1. The highest BCUT2D eigenvalue weighted by Crippen LogP contribution is 2.38. The highest BCUT2D eigenvalue weighted by molar-refractivity contribution is 7.80. The first-order valence-electron chi connectivity index (χ1n) is 7.69. The van der Waals surface area contributed by atoms with Crippen LogP contribution < -0.4 is 5.73 Å². The van der Waals surface area contributed by atoms with Gasteiger partial charge in [-0.3, -0.25) is 4.79 Å². The second-order valence-electron chi connectivity index (χ2n) is 6.69. The molecule has 3 N–H and O–H groups in total. The Morgan fingerprint density at radius 3 is 2.25 bits per heavy atom. The normalized spacial score (nSPS) is 30.6. The van der Waals surface area contributed by atoms with Gasteiger partial charge in [0.1, 0.15) is 0 Å². The van der Waals surface area contributed by atoms with Gasteiger partial charge in [-0.05, 0) is 32.6 Å². The molecule has 0 aromatic heterocycles. The fourth-order valence-electron chi connectivity index (χ4n) is 3.59. The second kappa shape index (κ2) is 5.98. The third-order valence-corrected chi connectivity index (χ3v) is 5.19. The summed E-state index contributed by atoms with van der Waals surface area (Å²) in [7, 11) is 0. The first kappa shape index (κ1) is 15.7. The molecule has 0 radical (unpaired) electrons. The smallest absolute Gasteiger partial charge is 0.235 e. The van der Waals surface area contributed by atoms with Gasteiger partial charge in [-0.2, -0.15) is 0 Å². The van der Waals surface area contributed by atoms with Crippen molar-refractivity contribution < 1.29 is 9.90 Å². The van der Waals surface area contributed by atoms with E-state index in [0.717, 1.165) is 51.4 Å². The number of nitrogens with two attached hydrogens (primary N) is 1. The van der Waals surface area contributed by atoms with Crippen molar-refractivity contribution in [2.75, 3.05) is 13.1 Å². The van der Waals surface area contributed by atoms with Crippen LogP contribution in [-0.4, -0.2) is 39.6 Å². The predicted octanol–water partition coefficient (Wildman–Crippen LogP) is 1.99. The lowest BCUT2D eigenvalue weighted by atomic mass is 9.78. The van der Waals surface area contributed by atoms with Crippen LogP contribution in [0, 0.1) is 5.41 Å². The van der Waals surface area contributed by atoms with E-state index in [1.165, 1.54) is 0 Å². The predicted molar refractivity (Wildman–Crippen MR) is 83.4 cm³/mol. The van der Waals surface area contributed by atoms with Crippen LogP contribution in [-0.2, 0) is 4.79 Å². The molecule has 1 heterocycles. The number of rotatable bonds is 2. The quantitative estimate of drug-likeness (QED) is 0.604. The Labute approximate surface area is 126 Å². The summed E-state index contributed by atoms with van der Waals surface area (Å²) >= 11 is 5.26. The van der Waals surface area contributed by atoms with Gasteiger partial charge in [0.15, 0.2) is 0 Å². The minimum Gasteiger partial charge on any atom is -0.392 e. The molecule has 2 aliphatic rings. The molecule has 4 nitrogen and oxygen atoms in total. The van der Waals surface area contributed by atoms with Gasteiger partial charge < -0.3 is 15.7 Å². The van der Waals surface area contributed by atoms with Gasteiger partial charge in [-0.1, -0.05) is 37.9 Å². The Bertz CT molecular complexity index is 387. The van der Waals surface area contributed by atoms with Crippen LogP contribution in [0.2, 0.25) is 0 Å². The van der Waals surface area contributed by atoms with Crippen LogP contribution in [0.1, 0.15) is 58.3 Å². The molecule has 1 atom stereocenters. The molecule has 0 spiro atoms. The van der Waals surface area contributed by atoms with Gasteiger partial charge in [0, 0.05) is 13.1 Å². The summed E-state index contributed by atoms with van der Waals surface area (Å²) in [5, 5.41) is 10.2. The lowest BCUT2D eigenvalue weighted by molar-refractivity contribution is -0.145. The Morgan fingerprint density at radius 2 is 1.75 bits per heavy atom. The Balaban J connectivity index is 2.20.